The highest BCUT2D eigenvalue weighted by molar-refractivity contribution is 5.96. The first-order valence-electron chi connectivity index (χ1n) is 8.86. The van der Waals surface area contributed by atoms with E-state index in [0.717, 1.165) is 25.9 Å². The molecule has 0 radical (unpaired) electrons. The quantitative estimate of drug-likeness (QED) is 0.859. The van der Waals surface area contributed by atoms with Gasteiger partial charge in [-0.2, -0.15) is 4.98 Å². The number of ether oxygens (including phenoxy) is 1. The van der Waals surface area contributed by atoms with Crippen LogP contribution in [0.25, 0.3) is 0 Å². The van der Waals surface area contributed by atoms with E-state index in [1.165, 1.54) is 0 Å². The van der Waals surface area contributed by atoms with Crippen LogP contribution in [0.3, 0.4) is 0 Å². The summed E-state index contributed by atoms with van der Waals surface area (Å²) in [5.41, 5.74) is 0.575. The van der Waals surface area contributed by atoms with Crippen molar-refractivity contribution < 1.29 is 9.53 Å². The van der Waals surface area contributed by atoms with Gasteiger partial charge in [0.2, 0.25) is 5.95 Å². The number of rotatable bonds is 6. The van der Waals surface area contributed by atoms with Gasteiger partial charge in [-0.05, 0) is 31.9 Å². The van der Waals surface area contributed by atoms with Crippen LogP contribution in [0.15, 0.2) is 36.5 Å². The maximum Gasteiger partial charge on any atom is 0.265 e. The molecule has 2 aromatic rings. The number of anilines is 3. The second-order valence-corrected chi connectivity index (χ2v) is 6.56. The molecule has 1 aromatic heterocycles. The first kappa shape index (κ1) is 18.0. The lowest BCUT2D eigenvalue weighted by atomic mass is 10.3. The van der Waals surface area contributed by atoms with Gasteiger partial charge in [0.1, 0.15) is 11.4 Å². The topological polar surface area (TPSA) is 70.6 Å². The molecule has 7 heteroatoms. The molecule has 1 aliphatic heterocycles. The van der Waals surface area contributed by atoms with E-state index in [2.05, 4.69) is 20.2 Å². The molecular formula is C19H25N5O2. The van der Waals surface area contributed by atoms with Crippen molar-refractivity contribution in [2.75, 3.05) is 42.3 Å². The van der Waals surface area contributed by atoms with Gasteiger partial charge in [0.15, 0.2) is 11.9 Å². The Kier molecular flexibility index (Phi) is 5.55. The number of nitrogens with zero attached hydrogens (tertiary/aromatic N) is 4. The Hall–Kier alpha value is -2.83. The average molecular weight is 355 g/mol. The highest BCUT2D eigenvalue weighted by Crippen LogP contribution is 2.25. The van der Waals surface area contributed by atoms with Crippen molar-refractivity contribution in [3.8, 4) is 5.75 Å². The third-order valence-corrected chi connectivity index (χ3v) is 4.25. The van der Waals surface area contributed by atoms with Crippen molar-refractivity contribution in [1.29, 1.82) is 0 Å². The van der Waals surface area contributed by atoms with E-state index in [-0.39, 0.29) is 5.91 Å². The van der Waals surface area contributed by atoms with E-state index in [4.69, 9.17) is 4.74 Å². The van der Waals surface area contributed by atoms with E-state index in [9.17, 15) is 4.79 Å². The highest BCUT2D eigenvalue weighted by atomic mass is 16.5. The number of para-hydroxylation sites is 1. The van der Waals surface area contributed by atoms with Crippen LogP contribution in [-0.2, 0) is 4.79 Å². The zero-order valence-electron chi connectivity index (χ0n) is 15.5. The minimum atomic E-state index is -0.634. The zero-order chi connectivity index (χ0) is 18.5. The van der Waals surface area contributed by atoms with Gasteiger partial charge in [-0.25, -0.2) is 4.98 Å². The smallest absolute Gasteiger partial charge is 0.265 e. The predicted molar refractivity (Wildman–Crippen MR) is 103 cm³/mol. The van der Waals surface area contributed by atoms with Crippen LogP contribution < -0.4 is 19.9 Å². The monoisotopic (exact) mass is 355 g/mol. The third-order valence-electron chi connectivity index (χ3n) is 4.25. The first-order chi connectivity index (χ1) is 12.5. The molecule has 1 aliphatic rings. The lowest BCUT2D eigenvalue weighted by Gasteiger charge is -2.22. The van der Waals surface area contributed by atoms with Crippen molar-refractivity contribution in [3.05, 3.63) is 36.5 Å². The van der Waals surface area contributed by atoms with Crippen LogP contribution in [0.2, 0.25) is 0 Å². The largest absolute Gasteiger partial charge is 0.481 e. The predicted octanol–water partition coefficient (Wildman–Crippen LogP) is 2.55. The van der Waals surface area contributed by atoms with Gasteiger partial charge in [-0.3, -0.25) is 4.79 Å². The minimum absolute atomic E-state index is 0.241. The molecule has 2 heterocycles. The molecule has 1 N–H and O–H groups in total. The van der Waals surface area contributed by atoms with Gasteiger partial charge in [0.05, 0.1) is 6.20 Å². The van der Waals surface area contributed by atoms with Crippen molar-refractivity contribution in [1.82, 2.24) is 9.97 Å². The fourth-order valence-corrected chi connectivity index (χ4v) is 2.85. The lowest BCUT2D eigenvalue weighted by molar-refractivity contribution is -0.122. The molecule has 0 aliphatic carbocycles. The van der Waals surface area contributed by atoms with Crippen molar-refractivity contribution in [3.63, 3.8) is 0 Å². The van der Waals surface area contributed by atoms with Gasteiger partial charge in [0, 0.05) is 27.2 Å². The van der Waals surface area contributed by atoms with Crippen LogP contribution in [-0.4, -0.2) is 49.2 Å². The molecule has 1 aromatic carbocycles. The van der Waals surface area contributed by atoms with Crippen LogP contribution in [0.1, 0.15) is 19.8 Å². The van der Waals surface area contributed by atoms with E-state index in [1.807, 2.05) is 49.3 Å². The molecule has 1 fully saturated rings. The van der Waals surface area contributed by atoms with Crippen LogP contribution in [0, 0.1) is 0 Å². The number of carbonyl (C=O) groups excluding carboxylic acids is 1. The normalized spacial score (nSPS) is 14.8. The number of amides is 1. The fourth-order valence-electron chi connectivity index (χ4n) is 2.85. The summed E-state index contributed by atoms with van der Waals surface area (Å²) in [4.78, 5) is 25.6. The Morgan fingerprint density at radius 1 is 1.23 bits per heavy atom. The third kappa shape index (κ3) is 4.22. The summed E-state index contributed by atoms with van der Waals surface area (Å²) in [6, 6.07) is 9.29. The van der Waals surface area contributed by atoms with Gasteiger partial charge in [-0.15, -0.1) is 0 Å². The van der Waals surface area contributed by atoms with E-state index in [0.29, 0.717) is 23.2 Å². The molecule has 0 unspecified atom stereocenters. The molecule has 1 amide bonds. The van der Waals surface area contributed by atoms with E-state index in [1.54, 1.807) is 13.1 Å². The molecule has 138 valence electrons. The maximum absolute atomic E-state index is 12.5. The summed E-state index contributed by atoms with van der Waals surface area (Å²) in [6.45, 7) is 3.66. The Bertz CT molecular complexity index is 745. The van der Waals surface area contributed by atoms with Crippen molar-refractivity contribution >= 4 is 23.4 Å². The number of hydrogen-bond acceptors (Lipinski definition) is 6. The Labute approximate surface area is 154 Å². The summed E-state index contributed by atoms with van der Waals surface area (Å²) in [7, 11) is 3.80. The second-order valence-electron chi connectivity index (χ2n) is 6.56. The molecule has 3 rings (SSSR count). The molecule has 0 bridgehead atoms. The first-order valence-corrected chi connectivity index (χ1v) is 8.86. The number of aromatic nitrogens is 2. The summed E-state index contributed by atoms with van der Waals surface area (Å²) in [5, 5.41) is 2.88. The fraction of sp³-hybridized carbons (Fsp3) is 0.421. The number of carbonyl (C=O) groups is 1. The SMILES string of the molecule is C[C@@H](Oc1ccccc1)C(=O)Nc1cnc(N2CCCC2)nc1N(C)C. The highest BCUT2D eigenvalue weighted by Gasteiger charge is 2.21. The summed E-state index contributed by atoms with van der Waals surface area (Å²) < 4.78 is 5.68. The maximum atomic E-state index is 12.5. The van der Waals surface area contributed by atoms with Crippen LogP contribution in [0.5, 0.6) is 5.75 Å². The molecule has 0 spiro atoms. The van der Waals surface area contributed by atoms with Crippen LogP contribution >= 0.6 is 0 Å². The lowest BCUT2D eigenvalue weighted by Crippen LogP contribution is -2.31. The molecule has 1 atom stereocenters. The van der Waals surface area contributed by atoms with Crippen LogP contribution in [0.4, 0.5) is 17.5 Å². The number of nitrogens with one attached hydrogen (secondary N) is 1. The molecular weight excluding hydrogens is 330 g/mol. The number of benzene rings is 1. The summed E-state index contributed by atoms with van der Waals surface area (Å²) in [5.74, 6) is 1.80. The number of hydrogen-bond donors (Lipinski definition) is 1. The van der Waals surface area contributed by atoms with Crippen molar-refractivity contribution in [2.24, 2.45) is 0 Å². The zero-order valence-corrected chi connectivity index (χ0v) is 15.5. The molecule has 1 saturated heterocycles. The molecule has 0 saturated carbocycles. The van der Waals surface area contributed by atoms with E-state index >= 15 is 0 Å². The van der Waals surface area contributed by atoms with E-state index < -0.39 is 6.10 Å². The van der Waals surface area contributed by atoms with Gasteiger partial charge in [0.25, 0.3) is 5.91 Å². The second kappa shape index (κ2) is 8.03. The van der Waals surface area contributed by atoms with Gasteiger partial charge in [-0.1, -0.05) is 18.2 Å². The summed E-state index contributed by atoms with van der Waals surface area (Å²) >= 11 is 0. The van der Waals surface area contributed by atoms with Gasteiger partial charge >= 0.3 is 0 Å². The Morgan fingerprint density at radius 3 is 2.58 bits per heavy atom. The van der Waals surface area contributed by atoms with Crippen molar-refractivity contribution in [2.45, 2.75) is 25.9 Å². The Balaban J connectivity index is 1.72. The summed E-state index contributed by atoms with van der Waals surface area (Å²) in [6.07, 6.45) is 3.36. The minimum Gasteiger partial charge on any atom is -0.481 e. The molecule has 7 nitrogen and oxygen atoms in total. The Morgan fingerprint density at radius 2 is 1.92 bits per heavy atom. The van der Waals surface area contributed by atoms with Gasteiger partial charge < -0.3 is 19.9 Å². The average Bonchev–Trinajstić information content (AvgIpc) is 3.17. The molecule has 26 heavy (non-hydrogen) atoms. The standard InChI is InChI=1S/C19H25N5O2/c1-14(26-15-9-5-4-6-10-15)18(25)21-16-13-20-19(22-17(16)23(2)3)24-11-7-8-12-24/h4-6,9-10,13-14H,7-8,11-12H2,1-3H3,(H,21,25)/t14-/m1/s1.